The standard InChI is InChI=1S/C17H21NO2S/c1-3-12-5-9-14(10-6-12)18-15(17(19)20-4-2)11-21-16(18)13-7-8-13/h5-6,9-11,13,16H,3-4,7-8H2,1-2H3. The Balaban J connectivity index is 1.88. The first-order chi connectivity index (χ1) is 10.2. The maximum Gasteiger partial charge on any atom is 0.355 e. The highest BCUT2D eigenvalue weighted by Crippen LogP contribution is 2.48. The average Bonchev–Trinajstić information content (AvgIpc) is 3.26. The number of hydrogen-bond acceptors (Lipinski definition) is 4. The number of ether oxygens (including phenoxy) is 1. The van der Waals surface area contributed by atoms with Gasteiger partial charge in [0.05, 0.1) is 12.0 Å². The molecule has 1 aromatic rings. The van der Waals surface area contributed by atoms with Crippen LogP contribution in [0.3, 0.4) is 0 Å². The SMILES string of the molecule is CCOC(=O)C1=CSC(C2CC2)N1c1ccc(CC)cc1. The molecule has 1 aliphatic heterocycles. The van der Waals surface area contributed by atoms with Gasteiger partial charge in [0.15, 0.2) is 0 Å². The van der Waals surface area contributed by atoms with E-state index in [1.54, 1.807) is 11.8 Å². The highest BCUT2D eigenvalue weighted by atomic mass is 32.2. The van der Waals surface area contributed by atoms with Gasteiger partial charge in [-0.2, -0.15) is 0 Å². The number of nitrogens with zero attached hydrogens (tertiary/aromatic N) is 1. The minimum absolute atomic E-state index is 0.215. The lowest BCUT2D eigenvalue weighted by Gasteiger charge is -2.28. The van der Waals surface area contributed by atoms with Crippen molar-refractivity contribution in [3.8, 4) is 0 Å². The maximum atomic E-state index is 12.2. The quantitative estimate of drug-likeness (QED) is 0.771. The molecule has 0 radical (unpaired) electrons. The van der Waals surface area contributed by atoms with Crippen LogP contribution in [0.4, 0.5) is 5.69 Å². The highest BCUT2D eigenvalue weighted by Gasteiger charge is 2.42. The van der Waals surface area contributed by atoms with Crippen LogP contribution >= 0.6 is 11.8 Å². The fourth-order valence-corrected chi connectivity index (χ4v) is 3.95. The zero-order valence-electron chi connectivity index (χ0n) is 12.5. The van der Waals surface area contributed by atoms with Crippen molar-refractivity contribution >= 4 is 23.4 Å². The van der Waals surface area contributed by atoms with Gasteiger partial charge < -0.3 is 9.64 Å². The molecular weight excluding hydrogens is 282 g/mol. The Kier molecular flexibility index (Phi) is 4.24. The molecule has 1 atom stereocenters. The molecule has 1 unspecified atom stereocenters. The third-order valence-corrected chi connectivity index (χ3v) is 5.20. The van der Waals surface area contributed by atoms with E-state index in [1.807, 2.05) is 12.3 Å². The lowest BCUT2D eigenvalue weighted by molar-refractivity contribution is -0.138. The van der Waals surface area contributed by atoms with E-state index in [4.69, 9.17) is 4.74 Å². The van der Waals surface area contributed by atoms with Crippen LogP contribution in [0.5, 0.6) is 0 Å². The first-order valence-corrected chi connectivity index (χ1v) is 8.59. The topological polar surface area (TPSA) is 29.5 Å². The number of hydrogen-bond donors (Lipinski definition) is 0. The van der Waals surface area contributed by atoms with Crippen molar-refractivity contribution in [2.45, 2.75) is 38.5 Å². The van der Waals surface area contributed by atoms with Gasteiger partial charge in [0.1, 0.15) is 5.70 Å². The second kappa shape index (κ2) is 6.14. The van der Waals surface area contributed by atoms with Gasteiger partial charge in [-0.25, -0.2) is 4.79 Å². The molecule has 2 aliphatic rings. The average molecular weight is 303 g/mol. The molecule has 1 heterocycles. The fourth-order valence-electron chi connectivity index (χ4n) is 2.62. The van der Waals surface area contributed by atoms with Crippen LogP contribution in [0.25, 0.3) is 0 Å². The summed E-state index contributed by atoms with van der Waals surface area (Å²) in [6.45, 7) is 4.41. The van der Waals surface area contributed by atoms with E-state index in [0.29, 0.717) is 23.6 Å². The second-order valence-corrected chi connectivity index (χ2v) is 6.47. The molecule has 1 aliphatic carbocycles. The van der Waals surface area contributed by atoms with E-state index in [0.717, 1.165) is 12.1 Å². The van der Waals surface area contributed by atoms with Gasteiger partial charge in [-0.15, -0.1) is 11.8 Å². The Bertz CT molecular complexity index is 548. The van der Waals surface area contributed by atoms with Gasteiger partial charge in [-0.3, -0.25) is 0 Å². The van der Waals surface area contributed by atoms with Gasteiger partial charge in [-0.1, -0.05) is 19.1 Å². The minimum Gasteiger partial charge on any atom is -0.461 e. The predicted molar refractivity (Wildman–Crippen MR) is 87.1 cm³/mol. The largest absolute Gasteiger partial charge is 0.461 e. The molecule has 0 amide bonds. The lowest BCUT2D eigenvalue weighted by Crippen LogP contribution is -2.33. The van der Waals surface area contributed by atoms with Crippen LogP contribution in [-0.2, 0) is 16.0 Å². The summed E-state index contributed by atoms with van der Waals surface area (Å²) in [5, 5.41) is 2.31. The molecule has 0 aromatic heterocycles. The molecule has 0 saturated heterocycles. The monoisotopic (exact) mass is 303 g/mol. The fraction of sp³-hybridized carbons (Fsp3) is 0.471. The number of anilines is 1. The first kappa shape index (κ1) is 14.5. The molecule has 3 rings (SSSR count). The van der Waals surface area contributed by atoms with E-state index < -0.39 is 0 Å². The van der Waals surface area contributed by atoms with Crippen LogP contribution in [0.1, 0.15) is 32.3 Å². The van der Waals surface area contributed by atoms with Crippen LogP contribution < -0.4 is 4.90 Å². The van der Waals surface area contributed by atoms with Gasteiger partial charge in [0.2, 0.25) is 0 Å². The third-order valence-electron chi connectivity index (χ3n) is 3.97. The summed E-state index contributed by atoms with van der Waals surface area (Å²) in [4.78, 5) is 14.4. The van der Waals surface area contributed by atoms with E-state index in [-0.39, 0.29) is 5.97 Å². The molecule has 3 nitrogen and oxygen atoms in total. The number of benzene rings is 1. The van der Waals surface area contributed by atoms with Crippen LogP contribution in [0.15, 0.2) is 35.4 Å². The Morgan fingerprint density at radius 3 is 2.57 bits per heavy atom. The summed E-state index contributed by atoms with van der Waals surface area (Å²) in [6, 6.07) is 8.52. The summed E-state index contributed by atoms with van der Waals surface area (Å²) < 4.78 is 5.21. The molecule has 1 fully saturated rings. The number of rotatable bonds is 5. The molecule has 0 spiro atoms. The summed E-state index contributed by atoms with van der Waals surface area (Å²) in [6.07, 6.45) is 3.54. The van der Waals surface area contributed by atoms with Crippen LogP contribution in [0.2, 0.25) is 0 Å². The number of thioether (sulfide) groups is 1. The highest BCUT2D eigenvalue weighted by molar-refractivity contribution is 8.03. The lowest BCUT2D eigenvalue weighted by atomic mass is 10.1. The maximum absolute atomic E-state index is 12.2. The molecule has 112 valence electrons. The van der Waals surface area contributed by atoms with Crippen molar-refractivity contribution in [1.82, 2.24) is 0 Å². The third kappa shape index (κ3) is 2.95. The predicted octanol–water partition coefficient (Wildman–Crippen LogP) is 3.94. The van der Waals surface area contributed by atoms with Gasteiger partial charge in [0.25, 0.3) is 0 Å². The van der Waals surface area contributed by atoms with E-state index >= 15 is 0 Å². The summed E-state index contributed by atoms with van der Waals surface area (Å²) in [5.74, 6) is 0.469. The minimum atomic E-state index is -0.215. The van der Waals surface area contributed by atoms with Crippen molar-refractivity contribution in [2.24, 2.45) is 5.92 Å². The summed E-state index contributed by atoms with van der Waals surface area (Å²) in [7, 11) is 0. The number of esters is 1. The zero-order valence-corrected chi connectivity index (χ0v) is 13.4. The van der Waals surface area contributed by atoms with E-state index in [1.165, 1.54) is 18.4 Å². The molecule has 0 N–H and O–H groups in total. The second-order valence-electron chi connectivity index (χ2n) is 5.48. The normalized spacial score (nSPS) is 21.3. The smallest absolute Gasteiger partial charge is 0.355 e. The Hall–Kier alpha value is -1.42. The van der Waals surface area contributed by atoms with Crippen molar-refractivity contribution in [2.75, 3.05) is 11.5 Å². The van der Waals surface area contributed by atoms with Crippen LogP contribution in [0, 0.1) is 5.92 Å². The Morgan fingerprint density at radius 2 is 2.00 bits per heavy atom. The molecule has 21 heavy (non-hydrogen) atoms. The van der Waals surface area contributed by atoms with Crippen molar-refractivity contribution in [3.63, 3.8) is 0 Å². The van der Waals surface area contributed by atoms with E-state index in [2.05, 4.69) is 36.1 Å². The Labute approximate surface area is 130 Å². The van der Waals surface area contributed by atoms with E-state index in [9.17, 15) is 4.79 Å². The van der Waals surface area contributed by atoms with Gasteiger partial charge in [0, 0.05) is 11.1 Å². The van der Waals surface area contributed by atoms with Crippen molar-refractivity contribution < 1.29 is 9.53 Å². The van der Waals surface area contributed by atoms with Crippen LogP contribution in [-0.4, -0.2) is 18.0 Å². The van der Waals surface area contributed by atoms with Gasteiger partial charge >= 0.3 is 5.97 Å². The summed E-state index contributed by atoms with van der Waals surface area (Å²) >= 11 is 1.75. The number of carbonyl (C=O) groups excluding carboxylic acids is 1. The zero-order chi connectivity index (χ0) is 14.8. The summed E-state index contributed by atoms with van der Waals surface area (Å²) in [5.41, 5.74) is 3.09. The van der Waals surface area contributed by atoms with Crippen molar-refractivity contribution in [3.05, 3.63) is 40.9 Å². The number of aryl methyl sites for hydroxylation is 1. The number of carbonyl (C=O) groups is 1. The first-order valence-electron chi connectivity index (χ1n) is 7.65. The molecular formula is C17H21NO2S. The molecule has 1 saturated carbocycles. The van der Waals surface area contributed by atoms with Crippen molar-refractivity contribution in [1.29, 1.82) is 0 Å². The molecule has 4 heteroatoms. The van der Waals surface area contributed by atoms with Gasteiger partial charge in [-0.05, 0) is 49.8 Å². The molecule has 0 bridgehead atoms. The Morgan fingerprint density at radius 1 is 1.29 bits per heavy atom. The molecule has 1 aromatic carbocycles.